The lowest BCUT2D eigenvalue weighted by Crippen LogP contribution is -2.43. The molecule has 3 aromatic rings. The van der Waals surface area contributed by atoms with Crippen LogP contribution in [0.15, 0.2) is 71.8 Å². The van der Waals surface area contributed by atoms with E-state index in [2.05, 4.69) is 22.9 Å². The van der Waals surface area contributed by atoms with Crippen LogP contribution in [0.3, 0.4) is 0 Å². The Morgan fingerprint density at radius 3 is 2.38 bits per heavy atom. The maximum atomic E-state index is 13.4. The number of hydrogen-bond acceptors (Lipinski definition) is 5. The van der Waals surface area contributed by atoms with Crippen LogP contribution in [0.5, 0.6) is 0 Å². The van der Waals surface area contributed by atoms with E-state index in [0.717, 1.165) is 28.7 Å². The molecule has 39 heavy (non-hydrogen) atoms. The minimum atomic E-state index is -4.59. The number of thiol groups is 1. The minimum absolute atomic E-state index is 0.00209. The number of nitrogens with zero attached hydrogens (tertiary/aromatic N) is 3. The fraction of sp³-hybridized carbons (Fsp3) is 0.286. The first-order chi connectivity index (χ1) is 18.3. The molecule has 1 atom stereocenters. The number of urea groups is 1. The Morgan fingerprint density at radius 2 is 1.77 bits per heavy atom. The van der Waals surface area contributed by atoms with Gasteiger partial charge in [0, 0.05) is 17.6 Å². The van der Waals surface area contributed by atoms with Crippen LogP contribution < -0.4 is 10.2 Å². The monoisotopic (exact) mass is 556 g/mol. The molecular weight excluding hydrogens is 529 g/mol. The van der Waals surface area contributed by atoms with Crippen LogP contribution in [0.25, 0.3) is 0 Å². The van der Waals surface area contributed by atoms with E-state index in [1.165, 1.54) is 11.1 Å². The highest BCUT2D eigenvalue weighted by atomic mass is 32.1. The summed E-state index contributed by atoms with van der Waals surface area (Å²) in [5.41, 5.74) is -0.791. The maximum absolute atomic E-state index is 13.4. The van der Waals surface area contributed by atoms with Gasteiger partial charge in [-0.1, -0.05) is 37.3 Å². The normalized spacial score (nSPS) is 16.0. The number of hydrogen-bond donors (Lipinski definition) is 2. The lowest BCUT2D eigenvalue weighted by molar-refractivity contribution is -0.137. The van der Waals surface area contributed by atoms with E-state index in [4.69, 9.17) is 0 Å². The van der Waals surface area contributed by atoms with Crippen LogP contribution in [0.2, 0.25) is 0 Å². The van der Waals surface area contributed by atoms with Crippen LogP contribution >= 0.6 is 12.6 Å². The molecule has 7 nitrogen and oxygen atoms in total. The molecule has 0 aliphatic carbocycles. The number of imide groups is 1. The summed E-state index contributed by atoms with van der Waals surface area (Å²) in [6.07, 6.45) is -2.52. The van der Waals surface area contributed by atoms with Gasteiger partial charge in [0.05, 0.1) is 17.2 Å². The Hall–Kier alpha value is -3.86. The first-order valence-electron chi connectivity index (χ1n) is 12.2. The highest BCUT2D eigenvalue weighted by Gasteiger charge is 2.52. The number of carbonyl (C=O) groups is 3. The molecule has 1 fully saturated rings. The van der Waals surface area contributed by atoms with Gasteiger partial charge in [-0.2, -0.15) is 13.2 Å². The highest BCUT2D eigenvalue weighted by molar-refractivity contribution is 7.80. The van der Waals surface area contributed by atoms with Crippen LogP contribution in [-0.4, -0.2) is 33.3 Å². The first-order valence-corrected chi connectivity index (χ1v) is 12.7. The van der Waals surface area contributed by atoms with E-state index < -0.39 is 29.2 Å². The third-order valence-electron chi connectivity index (χ3n) is 6.71. The molecule has 0 radical (unpaired) electrons. The highest BCUT2D eigenvalue weighted by Crippen LogP contribution is 2.39. The summed E-state index contributed by atoms with van der Waals surface area (Å²) >= 11 is 4.12. The number of amides is 4. The van der Waals surface area contributed by atoms with Crippen molar-refractivity contribution in [1.29, 1.82) is 0 Å². The number of halogens is 3. The number of nitrogens with one attached hydrogen (secondary N) is 1. The average Bonchev–Trinajstić information content (AvgIpc) is 3.04. The fourth-order valence-corrected chi connectivity index (χ4v) is 4.81. The van der Waals surface area contributed by atoms with Gasteiger partial charge in [0.25, 0.3) is 5.91 Å². The Labute approximate surface area is 229 Å². The molecule has 11 heteroatoms. The summed E-state index contributed by atoms with van der Waals surface area (Å²) in [5, 5.41) is 2.82. The first kappa shape index (κ1) is 28.2. The molecule has 1 aromatic heterocycles. The molecule has 0 bridgehead atoms. The zero-order chi connectivity index (χ0) is 28.5. The standard InChI is InChI=1S/C28H27F3N4O3S/c1-4-20(18-8-6-5-7-9-18)24(36)33-23-14-17(12-13-32-23)16-34-26(38)35(25(37)27(34,2)3)21-11-10-19(15-22(21)39)28(29,30)31/h5-15,20,39H,4,16H2,1-3H3,(H,32,33,36). The van der Waals surface area contributed by atoms with Crippen LogP contribution in [-0.2, 0) is 22.3 Å². The van der Waals surface area contributed by atoms with E-state index in [1.54, 1.807) is 26.0 Å². The molecular formula is C28H27F3N4O3S. The number of aromatic nitrogens is 1. The fourth-order valence-electron chi connectivity index (χ4n) is 4.50. The molecule has 2 aromatic carbocycles. The quantitative estimate of drug-likeness (QED) is 0.266. The van der Waals surface area contributed by atoms with E-state index in [-0.39, 0.29) is 29.0 Å². The topological polar surface area (TPSA) is 82.6 Å². The van der Waals surface area contributed by atoms with Gasteiger partial charge in [-0.25, -0.2) is 14.7 Å². The Bertz CT molecular complexity index is 1410. The van der Waals surface area contributed by atoms with Crippen LogP contribution in [0.4, 0.5) is 29.5 Å². The van der Waals surface area contributed by atoms with Gasteiger partial charge in [0.1, 0.15) is 11.4 Å². The van der Waals surface area contributed by atoms with E-state index in [0.29, 0.717) is 17.8 Å². The van der Waals surface area contributed by atoms with Crippen molar-refractivity contribution in [1.82, 2.24) is 9.88 Å². The molecule has 1 N–H and O–H groups in total. The Kier molecular flexibility index (Phi) is 7.74. The minimum Gasteiger partial charge on any atom is -0.310 e. The predicted octanol–water partition coefficient (Wildman–Crippen LogP) is 6.27. The van der Waals surface area contributed by atoms with Gasteiger partial charge in [0.2, 0.25) is 5.91 Å². The van der Waals surface area contributed by atoms with Gasteiger partial charge < -0.3 is 10.2 Å². The van der Waals surface area contributed by atoms with E-state index in [1.807, 2.05) is 37.3 Å². The summed E-state index contributed by atoms with van der Waals surface area (Å²) in [6.45, 7) is 5.03. The van der Waals surface area contributed by atoms with Crippen molar-refractivity contribution in [2.75, 3.05) is 10.2 Å². The second-order valence-corrected chi connectivity index (χ2v) is 10.2. The number of pyridine rings is 1. The van der Waals surface area contributed by atoms with Gasteiger partial charge >= 0.3 is 12.2 Å². The van der Waals surface area contributed by atoms with Crippen LogP contribution in [0, 0.1) is 0 Å². The van der Waals surface area contributed by atoms with Crippen molar-refractivity contribution in [3.63, 3.8) is 0 Å². The molecule has 1 unspecified atom stereocenters. The SMILES string of the molecule is CCC(C(=O)Nc1cc(CN2C(=O)N(c3ccc(C(F)(F)F)cc3S)C(=O)C2(C)C)ccn1)c1ccccc1. The number of rotatable bonds is 7. The zero-order valence-electron chi connectivity index (χ0n) is 21.5. The largest absolute Gasteiger partial charge is 0.416 e. The number of anilines is 2. The Morgan fingerprint density at radius 1 is 1.08 bits per heavy atom. The van der Waals surface area contributed by atoms with E-state index in [9.17, 15) is 27.6 Å². The average molecular weight is 557 g/mol. The molecule has 4 amide bonds. The smallest absolute Gasteiger partial charge is 0.310 e. The van der Waals surface area contributed by atoms with Crippen molar-refractivity contribution in [2.45, 2.75) is 56.3 Å². The van der Waals surface area contributed by atoms with Crippen LogP contribution in [0.1, 0.15) is 49.8 Å². The summed E-state index contributed by atoms with van der Waals surface area (Å²) in [4.78, 5) is 45.9. The summed E-state index contributed by atoms with van der Waals surface area (Å²) in [5.74, 6) is -0.907. The van der Waals surface area contributed by atoms with Gasteiger partial charge in [-0.3, -0.25) is 9.59 Å². The zero-order valence-corrected chi connectivity index (χ0v) is 22.4. The van der Waals surface area contributed by atoms with E-state index >= 15 is 0 Å². The molecule has 0 saturated carbocycles. The third kappa shape index (κ3) is 5.63. The van der Waals surface area contributed by atoms with Gasteiger partial charge in [-0.05, 0) is 61.7 Å². The molecule has 4 rings (SSSR count). The molecule has 2 heterocycles. The lowest BCUT2D eigenvalue weighted by atomic mass is 9.96. The number of benzene rings is 2. The van der Waals surface area contributed by atoms with Crippen molar-refractivity contribution in [3.05, 3.63) is 83.6 Å². The van der Waals surface area contributed by atoms with Crippen molar-refractivity contribution >= 4 is 42.0 Å². The summed E-state index contributed by atoms with van der Waals surface area (Å²) in [7, 11) is 0. The second kappa shape index (κ2) is 10.7. The molecule has 0 spiro atoms. The number of carbonyl (C=O) groups excluding carboxylic acids is 3. The molecule has 1 aliphatic heterocycles. The summed E-state index contributed by atoms with van der Waals surface area (Å²) < 4.78 is 39.3. The van der Waals surface area contributed by atoms with Crippen molar-refractivity contribution < 1.29 is 27.6 Å². The molecule has 1 saturated heterocycles. The summed E-state index contributed by atoms with van der Waals surface area (Å²) in [6, 6.07) is 14.6. The number of alkyl halides is 3. The third-order valence-corrected chi connectivity index (χ3v) is 7.07. The Balaban J connectivity index is 1.55. The van der Waals surface area contributed by atoms with Crippen molar-refractivity contribution in [3.8, 4) is 0 Å². The second-order valence-electron chi connectivity index (χ2n) is 9.68. The molecule has 204 valence electrons. The van der Waals surface area contributed by atoms with Crippen molar-refractivity contribution in [2.24, 2.45) is 0 Å². The van der Waals surface area contributed by atoms with Gasteiger partial charge in [-0.15, -0.1) is 12.6 Å². The maximum Gasteiger partial charge on any atom is 0.416 e. The predicted molar refractivity (Wildman–Crippen MR) is 144 cm³/mol. The lowest BCUT2D eigenvalue weighted by Gasteiger charge is -2.27. The molecule has 1 aliphatic rings. The van der Waals surface area contributed by atoms with Gasteiger partial charge in [0.15, 0.2) is 0 Å².